The fourth-order valence-electron chi connectivity index (χ4n) is 6.18. The van der Waals surface area contributed by atoms with Crippen LogP contribution < -0.4 is 14.8 Å². The van der Waals surface area contributed by atoms with Crippen LogP contribution in [-0.4, -0.2) is 55.5 Å². The lowest BCUT2D eigenvalue weighted by atomic mass is 9.81. The number of methoxy groups -OCH3 is 2. The number of anilines is 1. The number of esters is 1. The topological polar surface area (TPSA) is 111 Å². The Hall–Kier alpha value is -3.88. The van der Waals surface area contributed by atoms with Gasteiger partial charge in [0.2, 0.25) is 11.8 Å². The second-order valence-corrected chi connectivity index (χ2v) is 9.86. The standard InChI is InChI=1S/C28H30N2O7/c1-35-19-10-11-20(22(14-19)36-2)29-23(31)15-37-28(34)21(12-16-6-4-3-5-7-16)30-26(32)24-17-8-9-18(13-17)25(24)27(30)33/h3-7,10-11,14,17-18,21,24-25H,8-9,12-13,15H2,1-2H3,(H,29,31)/t17-,18-,21-,24+,25+/m0/s1. The molecule has 0 aromatic heterocycles. The van der Waals surface area contributed by atoms with Crippen LogP contribution in [-0.2, 0) is 30.3 Å². The first kappa shape index (κ1) is 24.8. The molecule has 0 unspecified atom stereocenters. The van der Waals surface area contributed by atoms with E-state index in [4.69, 9.17) is 14.2 Å². The molecule has 0 spiro atoms. The van der Waals surface area contributed by atoms with Crippen LogP contribution in [0.25, 0.3) is 0 Å². The van der Waals surface area contributed by atoms with Gasteiger partial charge in [-0.2, -0.15) is 0 Å². The predicted octanol–water partition coefficient (Wildman–Crippen LogP) is 2.83. The SMILES string of the molecule is COc1ccc(NC(=O)COC(=O)[C@H](Cc2ccccc2)N2C(=O)[C@@H]3[C@H]4CC[C@@H](C4)[C@H]3C2=O)c(OC)c1. The lowest BCUT2D eigenvalue weighted by Crippen LogP contribution is -2.48. The van der Waals surface area contributed by atoms with E-state index in [1.54, 1.807) is 18.2 Å². The number of fused-ring (bicyclic) bond motifs is 5. The summed E-state index contributed by atoms with van der Waals surface area (Å²) in [4.78, 5) is 53.9. The highest BCUT2D eigenvalue weighted by atomic mass is 16.5. The van der Waals surface area contributed by atoms with Gasteiger partial charge in [-0.25, -0.2) is 4.79 Å². The minimum atomic E-state index is -1.13. The Morgan fingerprint density at radius 3 is 2.27 bits per heavy atom. The molecule has 2 bridgehead atoms. The zero-order chi connectivity index (χ0) is 26.1. The Morgan fingerprint density at radius 1 is 0.973 bits per heavy atom. The smallest absolute Gasteiger partial charge is 0.330 e. The van der Waals surface area contributed by atoms with E-state index in [1.165, 1.54) is 14.2 Å². The van der Waals surface area contributed by atoms with Crippen molar-refractivity contribution in [3.63, 3.8) is 0 Å². The number of amides is 3. The van der Waals surface area contributed by atoms with Crippen molar-refractivity contribution in [2.45, 2.75) is 31.7 Å². The number of carbonyl (C=O) groups is 4. The summed E-state index contributed by atoms with van der Waals surface area (Å²) in [5, 5.41) is 2.65. The second-order valence-electron chi connectivity index (χ2n) is 9.86. The van der Waals surface area contributed by atoms with Gasteiger partial charge in [0.15, 0.2) is 6.61 Å². The molecule has 9 heteroatoms. The number of likely N-dealkylation sites (tertiary alicyclic amines) is 1. The van der Waals surface area contributed by atoms with Gasteiger partial charge in [0, 0.05) is 12.5 Å². The van der Waals surface area contributed by atoms with Crippen LogP contribution in [0.3, 0.4) is 0 Å². The number of ether oxygens (including phenoxy) is 3. The average Bonchev–Trinajstić information content (AvgIpc) is 3.60. The molecule has 2 aromatic carbocycles. The summed E-state index contributed by atoms with van der Waals surface area (Å²) < 4.78 is 15.8. The monoisotopic (exact) mass is 506 g/mol. The van der Waals surface area contributed by atoms with Crippen LogP contribution in [0.4, 0.5) is 5.69 Å². The molecule has 3 fully saturated rings. The van der Waals surface area contributed by atoms with Crippen LogP contribution in [0.2, 0.25) is 0 Å². The molecule has 3 amide bonds. The summed E-state index contributed by atoms with van der Waals surface area (Å²) in [6, 6.07) is 12.9. The molecule has 2 saturated carbocycles. The van der Waals surface area contributed by atoms with Crippen LogP contribution in [0, 0.1) is 23.7 Å². The van der Waals surface area contributed by atoms with Gasteiger partial charge in [-0.1, -0.05) is 30.3 Å². The van der Waals surface area contributed by atoms with Crippen molar-refractivity contribution in [3.05, 3.63) is 54.1 Å². The van der Waals surface area contributed by atoms with Crippen LogP contribution in [0.1, 0.15) is 24.8 Å². The number of hydrogen-bond acceptors (Lipinski definition) is 7. The average molecular weight is 507 g/mol. The minimum Gasteiger partial charge on any atom is -0.497 e. The second kappa shape index (κ2) is 10.2. The van der Waals surface area contributed by atoms with E-state index in [2.05, 4.69) is 5.32 Å². The zero-order valence-corrected chi connectivity index (χ0v) is 20.8. The molecule has 1 aliphatic heterocycles. The largest absolute Gasteiger partial charge is 0.497 e. The molecule has 3 aliphatic rings. The Morgan fingerprint density at radius 2 is 1.65 bits per heavy atom. The fraction of sp³-hybridized carbons (Fsp3) is 0.429. The number of imide groups is 1. The first-order valence-corrected chi connectivity index (χ1v) is 12.5. The van der Waals surface area contributed by atoms with Gasteiger partial charge in [-0.15, -0.1) is 0 Å². The fourth-order valence-corrected chi connectivity index (χ4v) is 6.18. The number of nitrogens with one attached hydrogen (secondary N) is 1. The van der Waals surface area contributed by atoms with Gasteiger partial charge in [0.1, 0.15) is 17.5 Å². The van der Waals surface area contributed by atoms with Gasteiger partial charge >= 0.3 is 5.97 Å². The van der Waals surface area contributed by atoms with Crippen molar-refractivity contribution in [1.29, 1.82) is 0 Å². The van der Waals surface area contributed by atoms with E-state index in [1.807, 2.05) is 30.3 Å². The summed E-state index contributed by atoms with van der Waals surface area (Å²) >= 11 is 0. The maximum Gasteiger partial charge on any atom is 0.330 e. The zero-order valence-electron chi connectivity index (χ0n) is 20.8. The predicted molar refractivity (Wildman–Crippen MR) is 133 cm³/mol. The third kappa shape index (κ3) is 4.65. The highest BCUT2D eigenvalue weighted by molar-refractivity contribution is 6.08. The number of carbonyl (C=O) groups excluding carboxylic acids is 4. The molecule has 1 heterocycles. The maximum absolute atomic E-state index is 13.4. The molecule has 2 aromatic rings. The van der Waals surface area contributed by atoms with E-state index in [0.29, 0.717) is 17.2 Å². The third-order valence-corrected chi connectivity index (χ3v) is 7.85. The van der Waals surface area contributed by atoms with Gasteiger partial charge in [-0.3, -0.25) is 19.3 Å². The Bertz CT molecular complexity index is 1190. The van der Waals surface area contributed by atoms with E-state index >= 15 is 0 Å². The number of rotatable bonds is 9. The van der Waals surface area contributed by atoms with Crippen LogP contribution >= 0.6 is 0 Å². The summed E-state index contributed by atoms with van der Waals surface area (Å²) in [7, 11) is 2.98. The normalized spacial score (nSPS) is 24.5. The van der Waals surface area contributed by atoms with Gasteiger partial charge in [-0.05, 0) is 48.8 Å². The van der Waals surface area contributed by atoms with Crippen LogP contribution in [0.5, 0.6) is 11.5 Å². The van der Waals surface area contributed by atoms with Gasteiger partial charge in [0.05, 0.1) is 31.7 Å². The minimum absolute atomic E-state index is 0.125. The first-order valence-electron chi connectivity index (χ1n) is 12.5. The molecule has 1 saturated heterocycles. The van der Waals surface area contributed by atoms with E-state index in [0.717, 1.165) is 29.7 Å². The number of nitrogens with zero attached hydrogens (tertiary/aromatic N) is 1. The molecule has 1 N–H and O–H groups in total. The number of hydrogen-bond donors (Lipinski definition) is 1. The molecule has 0 radical (unpaired) electrons. The van der Waals surface area contributed by atoms with Crippen molar-refractivity contribution in [1.82, 2.24) is 4.90 Å². The molecule has 194 valence electrons. The summed E-state index contributed by atoms with van der Waals surface area (Å²) in [5.74, 6) is -1.27. The summed E-state index contributed by atoms with van der Waals surface area (Å²) in [6.07, 6.45) is 2.92. The molecular weight excluding hydrogens is 476 g/mol. The number of benzene rings is 2. The van der Waals surface area contributed by atoms with Crippen molar-refractivity contribution in [2.24, 2.45) is 23.7 Å². The van der Waals surface area contributed by atoms with Crippen molar-refractivity contribution < 1.29 is 33.4 Å². The quantitative estimate of drug-likeness (QED) is 0.411. The molecular formula is C28H30N2O7. The Balaban J connectivity index is 1.30. The van der Waals surface area contributed by atoms with Crippen molar-refractivity contribution in [3.8, 4) is 11.5 Å². The lowest BCUT2D eigenvalue weighted by molar-refractivity contribution is -0.160. The molecule has 9 nitrogen and oxygen atoms in total. The highest BCUT2D eigenvalue weighted by Crippen LogP contribution is 2.56. The summed E-state index contributed by atoms with van der Waals surface area (Å²) in [6.45, 7) is -0.576. The first-order chi connectivity index (χ1) is 17.9. The Labute approximate surface area is 215 Å². The van der Waals surface area contributed by atoms with Gasteiger partial charge < -0.3 is 19.5 Å². The summed E-state index contributed by atoms with van der Waals surface area (Å²) in [5.41, 5.74) is 1.18. The maximum atomic E-state index is 13.4. The molecule has 2 aliphatic carbocycles. The molecule has 5 rings (SSSR count). The molecule has 37 heavy (non-hydrogen) atoms. The van der Waals surface area contributed by atoms with E-state index < -0.39 is 24.5 Å². The Kier molecular flexibility index (Phi) is 6.86. The van der Waals surface area contributed by atoms with Crippen molar-refractivity contribution >= 4 is 29.4 Å². The third-order valence-electron chi connectivity index (χ3n) is 7.85. The van der Waals surface area contributed by atoms with Crippen molar-refractivity contribution in [2.75, 3.05) is 26.1 Å². The lowest BCUT2D eigenvalue weighted by Gasteiger charge is -2.26. The van der Waals surface area contributed by atoms with E-state index in [-0.39, 0.29) is 41.9 Å². The van der Waals surface area contributed by atoms with Gasteiger partial charge in [0.25, 0.3) is 5.91 Å². The van der Waals surface area contributed by atoms with Crippen LogP contribution in [0.15, 0.2) is 48.5 Å². The molecule has 5 atom stereocenters. The van der Waals surface area contributed by atoms with E-state index in [9.17, 15) is 19.2 Å². The highest BCUT2D eigenvalue weighted by Gasteiger charge is 2.62.